The van der Waals surface area contributed by atoms with E-state index >= 15 is 0 Å². The van der Waals surface area contributed by atoms with Crippen molar-refractivity contribution in [3.05, 3.63) is 84.1 Å². The highest BCUT2D eigenvalue weighted by Crippen LogP contribution is 2.29. The molecule has 1 N–H and O–H groups in total. The molecular formula is C33H38N8O3Si. The fourth-order valence-corrected chi connectivity index (χ4v) is 6.11. The van der Waals surface area contributed by atoms with Crippen LogP contribution in [0.15, 0.2) is 67.3 Å². The zero-order chi connectivity index (χ0) is 31.4. The number of nitrogens with one attached hydrogen (secondary N) is 1. The molecule has 6 rings (SSSR count). The number of nitriles is 1. The van der Waals surface area contributed by atoms with Crippen LogP contribution in [0, 0.1) is 11.3 Å². The van der Waals surface area contributed by atoms with Crippen molar-refractivity contribution in [2.75, 3.05) is 18.5 Å². The number of benzene rings is 2. The maximum absolute atomic E-state index is 13.6. The summed E-state index contributed by atoms with van der Waals surface area (Å²) < 4.78 is 17.4. The molecule has 1 fully saturated rings. The molecule has 1 aliphatic rings. The summed E-state index contributed by atoms with van der Waals surface area (Å²) in [7, 11) is -1.26. The normalized spacial score (nSPS) is 15.3. The Bertz CT molecular complexity index is 1840. The van der Waals surface area contributed by atoms with Crippen molar-refractivity contribution < 1.29 is 14.3 Å². The number of ether oxygens (including phenoxy) is 2. The average Bonchev–Trinajstić information content (AvgIpc) is 3.78. The number of amides is 1. The lowest BCUT2D eigenvalue weighted by Gasteiger charge is -2.22. The summed E-state index contributed by atoms with van der Waals surface area (Å²) in [5.74, 6) is -0.332. The van der Waals surface area contributed by atoms with Gasteiger partial charge in [-0.15, -0.1) is 0 Å². The molecule has 0 bridgehead atoms. The van der Waals surface area contributed by atoms with Gasteiger partial charge in [0.1, 0.15) is 13.0 Å². The minimum atomic E-state index is -1.26. The Balaban J connectivity index is 1.23. The van der Waals surface area contributed by atoms with Crippen LogP contribution in [-0.4, -0.2) is 56.5 Å². The van der Waals surface area contributed by atoms with Crippen LogP contribution in [0.5, 0.6) is 0 Å². The lowest BCUT2D eigenvalue weighted by Crippen LogP contribution is -2.22. The SMILES string of the molecule is C[Si](C)(C)CCOCn1nc(C(=O)Nc2cnn(Cc3cccc(C#N)c3)c2)c2ccc(-c3cnn(C4CCCCO4)c3)cc21. The molecule has 5 aromatic rings. The number of carbonyl (C=O) groups is 1. The zero-order valence-electron chi connectivity index (χ0n) is 25.9. The molecule has 0 saturated carbocycles. The molecule has 1 unspecified atom stereocenters. The van der Waals surface area contributed by atoms with Crippen LogP contribution in [-0.2, 0) is 22.7 Å². The van der Waals surface area contributed by atoms with Crippen molar-refractivity contribution >= 4 is 30.6 Å². The van der Waals surface area contributed by atoms with Crippen molar-refractivity contribution in [2.45, 2.75) is 64.5 Å². The maximum atomic E-state index is 13.6. The fourth-order valence-electron chi connectivity index (χ4n) is 5.36. The van der Waals surface area contributed by atoms with Crippen LogP contribution in [0.4, 0.5) is 5.69 Å². The Morgan fingerprint density at radius 1 is 1.11 bits per heavy atom. The van der Waals surface area contributed by atoms with E-state index in [9.17, 15) is 10.1 Å². The Labute approximate surface area is 263 Å². The number of nitrogens with zero attached hydrogens (tertiary/aromatic N) is 7. The van der Waals surface area contributed by atoms with E-state index in [0.717, 1.165) is 59.5 Å². The second-order valence-corrected chi connectivity index (χ2v) is 18.3. The molecule has 4 heterocycles. The lowest BCUT2D eigenvalue weighted by atomic mass is 10.1. The molecular weight excluding hydrogens is 585 g/mol. The first-order valence-electron chi connectivity index (χ1n) is 15.3. The number of anilines is 1. The largest absolute Gasteiger partial charge is 0.360 e. The first-order valence-corrected chi connectivity index (χ1v) is 19.0. The van der Waals surface area contributed by atoms with Gasteiger partial charge in [-0.05, 0) is 60.7 Å². The first kappa shape index (κ1) is 30.5. The molecule has 1 amide bonds. The second-order valence-electron chi connectivity index (χ2n) is 12.7. The van der Waals surface area contributed by atoms with Gasteiger partial charge >= 0.3 is 0 Å². The van der Waals surface area contributed by atoms with E-state index in [4.69, 9.17) is 14.6 Å². The first-order chi connectivity index (χ1) is 21.8. The lowest BCUT2D eigenvalue weighted by molar-refractivity contribution is -0.0394. The summed E-state index contributed by atoms with van der Waals surface area (Å²) in [4.78, 5) is 13.6. The van der Waals surface area contributed by atoms with E-state index in [2.05, 4.69) is 41.2 Å². The predicted molar refractivity (Wildman–Crippen MR) is 174 cm³/mol. The molecule has 0 radical (unpaired) electrons. The van der Waals surface area contributed by atoms with Crippen LogP contribution in [0.1, 0.15) is 47.1 Å². The third-order valence-electron chi connectivity index (χ3n) is 7.85. The smallest absolute Gasteiger partial charge is 0.276 e. The maximum Gasteiger partial charge on any atom is 0.276 e. The van der Waals surface area contributed by atoms with E-state index in [1.807, 2.05) is 53.5 Å². The van der Waals surface area contributed by atoms with Gasteiger partial charge in [-0.25, -0.2) is 9.36 Å². The van der Waals surface area contributed by atoms with Gasteiger partial charge in [0.15, 0.2) is 5.69 Å². The highest BCUT2D eigenvalue weighted by atomic mass is 28.3. The standard InChI is InChI=1S/C33H38N8O3Si/c1-45(2,3)14-13-43-23-41-30-16-26(27-18-36-40(21-27)31-9-4-5-12-44-31)10-11-29(30)32(38-41)33(42)37-28-19-35-39(22-28)20-25-8-6-7-24(15-25)17-34/h6-8,10-11,15-16,18-19,21-22,31H,4-5,9,12-14,20,23H2,1-3H3,(H,37,42). The molecule has 1 aliphatic heterocycles. The van der Waals surface area contributed by atoms with Crippen LogP contribution >= 0.6 is 0 Å². The fraction of sp³-hybridized carbons (Fsp3) is 0.364. The number of carbonyl (C=O) groups excluding carboxylic acids is 1. The Morgan fingerprint density at radius 2 is 2.00 bits per heavy atom. The number of fused-ring (bicyclic) bond motifs is 1. The van der Waals surface area contributed by atoms with Gasteiger partial charge in [0.2, 0.25) is 0 Å². The minimum Gasteiger partial charge on any atom is -0.360 e. The summed E-state index contributed by atoms with van der Waals surface area (Å²) in [5, 5.41) is 26.6. The van der Waals surface area contributed by atoms with Crippen molar-refractivity contribution in [1.29, 1.82) is 5.26 Å². The summed E-state index contributed by atoms with van der Waals surface area (Å²) >= 11 is 0. The molecule has 232 valence electrons. The molecule has 1 saturated heterocycles. The average molecular weight is 623 g/mol. The number of aromatic nitrogens is 6. The Kier molecular flexibility index (Phi) is 8.93. The third-order valence-corrected chi connectivity index (χ3v) is 9.56. The molecule has 3 aromatic heterocycles. The van der Waals surface area contributed by atoms with E-state index in [0.29, 0.717) is 30.1 Å². The van der Waals surface area contributed by atoms with Crippen LogP contribution in [0.3, 0.4) is 0 Å². The van der Waals surface area contributed by atoms with Crippen molar-refractivity contribution in [3.8, 4) is 17.2 Å². The minimum absolute atomic E-state index is 0.0381. The third kappa shape index (κ3) is 7.39. The second kappa shape index (κ2) is 13.2. The summed E-state index contributed by atoms with van der Waals surface area (Å²) in [6.07, 6.45) is 10.4. The van der Waals surface area contributed by atoms with E-state index in [1.165, 1.54) is 0 Å². The zero-order valence-corrected chi connectivity index (χ0v) is 26.9. The van der Waals surface area contributed by atoms with Crippen LogP contribution < -0.4 is 5.32 Å². The van der Waals surface area contributed by atoms with Gasteiger partial charge in [0.05, 0.1) is 41.8 Å². The quantitative estimate of drug-likeness (QED) is 0.136. The summed E-state index contributed by atoms with van der Waals surface area (Å²) in [6.45, 7) is 9.07. The molecule has 1 atom stereocenters. The monoisotopic (exact) mass is 622 g/mol. The molecule has 12 heteroatoms. The van der Waals surface area contributed by atoms with E-state index < -0.39 is 8.07 Å². The van der Waals surface area contributed by atoms with E-state index in [-0.39, 0.29) is 18.9 Å². The van der Waals surface area contributed by atoms with Gasteiger partial charge in [0.25, 0.3) is 5.91 Å². The van der Waals surface area contributed by atoms with Crippen molar-refractivity contribution in [1.82, 2.24) is 29.3 Å². The molecule has 0 aliphatic carbocycles. The topological polar surface area (TPSA) is 125 Å². The van der Waals surface area contributed by atoms with E-state index in [1.54, 1.807) is 27.8 Å². The summed E-state index contributed by atoms with van der Waals surface area (Å²) in [5.41, 5.74) is 5.15. The van der Waals surface area contributed by atoms with Gasteiger partial charge in [-0.1, -0.05) is 37.8 Å². The highest BCUT2D eigenvalue weighted by Gasteiger charge is 2.21. The predicted octanol–water partition coefficient (Wildman–Crippen LogP) is 6.28. The van der Waals surface area contributed by atoms with Gasteiger partial charge in [0, 0.05) is 44.6 Å². The number of hydrogen-bond donors (Lipinski definition) is 1. The van der Waals surface area contributed by atoms with Gasteiger partial charge in [-0.2, -0.15) is 20.6 Å². The molecule has 11 nitrogen and oxygen atoms in total. The van der Waals surface area contributed by atoms with Gasteiger partial charge < -0.3 is 14.8 Å². The molecule has 45 heavy (non-hydrogen) atoms. The molecule has 0 spiro atoms. The Morgan fingerprint density at radius 3 is 2.80 bits per heavy atom. The summed E-state index contributed by atoms with van der Waals surface area (Å²) in [6, 6.07) is 16.5. The highest BCUT2D eigenvalue weighted by molar-refractivity contribution is 6.76. The van der Waals surface area contributed by atoms with Crippen LogP contribution in [0.25, 0.3) is 22.0 Å². The number of hydrogen-bond acceptors (Lipinski definition) is 7. The van der Waals surface area contributed by atoms with Gasteiger partial charge in [-0.3, -0.25) is 9.48 Å². The van der Waals surface area contributed by atoms with Crippen molar-refractivity contribution in [3.63, 3.8) is 0 Å². The number of rotatable bonds is 11. The molecule has 2 aromatic carbocycles. The van der Waals surface area contributed by atoms with Crippen LogP contribution in [0.2, 0.25) is 25.7 Å². The Hall–Kier alpha value is -4.57. The van der Waals surface area contributed by atoms with Crippen molar-refractivity contribution in [2.24, 2.45) is 0 Å².